The minimum absolute atomic E-state index is 0.337. The Balaban J connectivity index is 0.992. The molecule has 0 N–H and O–H groups in total. The molecule has 0 aromatic heterocycles. The molecule has 0 saturated heterocycles. The van der Waals surface area contributed by atoms with Gasteiger partial charge in [-0.05, 0) is 271 Å². The van der Waals surface area contributed by atoms with Crippen molar-refractivity contribution in [1.82, 2.24) is 0 Å². The number of unbranched alkanes of at least 4 members (excludes halogenated alkanes) is 8. The van der Waals surface area contributed by atoms with Gasteiger partial charge in [-0.3, -0.25) is 0 Å². The first-order valence-corrected chi connectivity index (χ1v) is 40.5. The number of hydrogen-bond acceptors (Lipinski definition) is 9. The van der Waals surface area contributed by atoms with Crippen LogP contribution in [0.25, 0.3) is 22.3 Å². The molecular weight excluding hydrogens is 1340 g/mol. The Morgan fingerprint density at radius 1 is 0.349 bits per heavy atom. The Morgan fingerprint density at radius 3 is 1.14 bits per heavy atom. The van der Waals surface area contributed by atoms with E-state index in [1.165, 1.54) is 87.3 Å². The van der Waals surface area contributed by atoms with E-state index in [1.807, 2.05) is 24.3 Å². The largest absolute Gasteiger partial charge is 0.497 e. The van der Waals surface area contributed by atoms with Crippen LogP contribution in [0.4, 0.5) is 62.6 Å². The molecule has 2 unspecified atom stereocenters. The van der Waals surface area contributed by atoms with E-state index in [9.17, 15) is 0 Å². The van der Waals surface area contributed by atoms with Crippen LogP contribution in [0.5, 0.6) is 23.0 Å². The van der Waals surface area contributed by atoms with Crippen LogP contribution in [-0.2, 0) is 16.8 Å². The number of methoxy groups -OCH3 is 3. The van der Waals surface area contributed by atoms with E-state index in [0.29, 0.717) is 25.0 Å². The Labute approximate surface area is 653 Å². The number of anilines is 11. The van der Waals surface area contributed by atoms with E-state index >= 15 is 0 Å². The van der Waals surface area contributed by atoms with Crippen molar-refractivity contribution < 1.29 is 23.7 Å². The van der Waals surface area contributed by atoms with Crippen molar-refractivity contribution >= 4 is 62.6 Å². The molecule has 0 radical (unpaired) electrons. The fourth-order valence-electron chi connectivity index (χ4n) is 15.3. The minimum atomic E-state index is -0.337. The van der Waals surface area contributed by atoms with Crippen LogP contribution >= 0.6 is 0 Å². The fraction of sp³-hybridized carbons (Fsp3) is 0.340. The van der Waals surface area contributed by atoms with Crippen LogP contribution in [0.3, 0.4) is 0 Å². The second kappa shape index (κ2) is 40.3. The van der Waals surface area contributed by atoms with Crippen LogP contribution in [0, 0.1) is 18.8 Å². The lowest BCUT2D eigenvalue weighted by molar-refractivity contribution is 0.185. The summed E-state index contributed by atoms with van der Waals surface area (Å²) < 4.78 is 29.7. The zero-order valence-electron chi connectivity index (χ0n) is 67.0. The molecule has 0 saturated carbocycles. The molecule has 11 rings (SSSR count). The van der Waals surface area contributed by atoms with Crippen LogP contribution in [0.1, 0.15) is 173 Å². The van der Waals surface area contributed by atoms with Crippen molar-refractivity contribution in [3.63, 3.8) is 0 Å². The van der Waals surface area contributed by atoms with Gasteiger partial charge in [-0.1, -0.05) is 204 Å². The molecule has 11 aromatic rings. The highest BCUT2D eigenvalue weighted by molar-refractivity contribution is 5.83. The third-order valence-electron chi connectivity index (χ3n) is 22.0. The van der Waals surface area contributed by atoms with Gasteiger partial charge < -0.3 is 43.3 Å². The van der Waals surface area contributed by atoms with E-state index in [2.05, 4.69) is 312 Å². The molecule has 0 spiro atoms. The predicted octanol–water partition coefficient (Wildman–Crippen LogP) is 28.7. The molecule has 0 aliphatic heterocycles. The van der Waals surface area contributed by atoms with Gasteiger partial charge in [0.1, 0.15) is 23.0 Å². The van der Waals surface area contributed by atoms with Crippen molar-refractivity contribution in [2.75, 3.05) is 61.2 Å². The summed E-state index contributed by atoms with van der Waals surface area (Å²) in [6.07, 6.45) is 19.6. The monoisotopic (exact) mass is 1450 g/mol. The van der Waals surface area contributed by atoms with Gasteiger partial charge in [-0.25, -0.2) is 0 Å². The first kappa shape index (κ1) is 79.8. The highest BCUT2D eigenvalue weighted by atomic mass is 16.5. The van der Waals surface area contributed by atoms with Crippen molar-refractivity contribution in [2.45, 2.75) is 170 Å². The quantitative estimate of drug-likeness (QED) is 0.0348. The Kier molecular flexibility index (Phi) is 29.5. The van der Waals surface area contributed by atoms with E-state index in [-0.39, 0.29) is 5.41 Å². The zero-order valence-corrected chi connectivity index (χ0v) is 67.0. The van der Waals surface area contributed by atoms with E-state index < -0.39 is 0 Å². The summed E-state index contributed by atoms with van der Waals surface area (Å²) in [6, 6.07) is 95.9. The number of aryl methyl sites for hydroxylation is 1. The fourth-order valence-corrected chi connectivity index (χ4v) is 15.3. The number of benzene rings is 11. The van der Waals surface area contributed by atoms with Gasteiger partial charge in [0.05, 0.1) is 34.0 Å². The second-order valence-corrected chi connectivity index (χ2v) is 29.8. The topological polar surface area (TPSA) is 59.1 Å². The molecule has 11 aromatic carbocycles. The summed E-state index contributed by atoms with van der Waals surface area (Å²) in [6.45, 7) is 18.1. The van der Waals surface area contributed by atoms with Crippen LogP contribution in [0.15, 0.2) is 261 Å². The third-order valence-corrected chi connectivity index (χ3v) is 22.0. The van der Waals surface area contributed by atoms with Crippen LogP contribution < -0.4 is 38.5 Å². The number of ether oxygens (including phenoxy) is 5. The van der Waals surface area contributed by atoms with Gasteiger partial charge in [0, 0.05) is 82.1 Å². The van der Waals surface area contributed by atoms with E-state index in [0.717, 1.165) is 159 Å². The molecule has 0 amide bonds. The number of nitrogens with zero attached hydrogens (tertiary/aromatic N) is 4. The molecule has 109 heavy (non-hydrogen) atoms. The molecule has 568 valence electrons. The molecule has 9 heteroatoms. The summed E-state index contributed by atoms with van der Waals surface area (Å²) in [5.74, 6) is 4.46. The van der Waals surface area contributed by atoms with Crippen molar-refractivity contribution in [3.05, 3.63) is 283 Å². The van der Waals surface area contributed by atoms with Gasteiger partial charge in [-0.2, -0.15) is 0 Å². The normalized spacial score (nSPS) is 12.0. The number of rotatable bonds is 42. The SMILES string of the molecule is CCCCCCC(CCCCCC)(c1cccc(N(c2ccc(OCC(CC)CCCC)cc2)c2ccc(-c3ccc(N(c4ccc(COC)cc4)c4ccc(OC)cc4)cc3)cc2)c1)c1cc(N(c2ccc(OCC(C)CCCC)cc2)c2ccc(-c3ccc(N(C)c4ccc(OC)cc4)cc3)cc2)ccc1C. The first-order valence-electron chi connectivity index (χ1n) is 40.5. The van der Waals surface area contributed by atoms with Crippen LogP contribution in [-0.4, -0.2) is 41.6 Å². The maximum atomic E-state index is 6.62. The molecule has 0 bridgehead atoms. The molecule has 0 heterocycles. The third kappa shape index (κ3) is 20.8. The van der Waals surface area contributed by atoms with Gasteiger partial charge in [-0.15, -0.1) is 0 Å². The van der Waals surface area contributed by atoms with Gasteiger partial charge in [0.2, 0.25) is 0 Å². The van der Waals surface area contributed by atoms with E-state index in [4.69, 9.17) is 23.7 Å². The molecular formula is C100H118N4O5. The summed E-state index contributed by atoms with van der Waals surface area (Å²) in [7, 11) is 7.26. The molecule has 9 nitrogen and oxygen atoms in total. The standard InChI is InChI=1S/C100H118N4O5/c1-12-17-21-23-68-100(69-24-22-18-13-2,99-71-94(41-30-76(99)7)104(92-56-64-97(65-57-92)108-72-75(6)26-19-14-3)89-50-39-80(40-51-89)79-33-44-84(45-34-79)101(8)85-52-60-95(106-10)61-53-85)83-28-25-29-93(70-83)103(91-58-66-98(67-59-91)109-74-77(16-5)27-20-15-4)88-48-37-82(38-49-88)81-35-46-87(47-36-81)102(90-54-62-96(107-11)63-55-90)86-42-31-78(32-43-86)73-105-9/h25,28-67,70-71,75,77H,12-24,26-27,68-69,72-74H2,1-11H3. The minimum Gasteiger partial charge on any atom is -0.497 e. The Morgan fingerprint density at radius 2 is 0.716 bits per heavy atom. The lowest BCUT2D eigenvalue weighted by Gasteiger charge is -2.39. The van der Waals surface area contributed by atoms with E-state index in [1.54, 1.807) is 21.3 Å². The van der Waals surface area contributed by atoms with Gasteiger partial charge >= 0.3 is 0 Å². The van der Waals surface area contributed by atoms with Crippen molar-refractivity contribution in [1.29, 1.82) is 0 Å². The average molecular weight is 1460 g/mol. The highest BCUT2D eigenvalue weighted by Crippen LogP contribution is 2.49. The zero-order chi connectivity index (χ0) is 76.3. The average Bonchev–Trinajstić information content (AvgIpc) is 0.751. The Hall–Kier alpha value is -10.2. The van der Waals surface area contributed by atoms with Gasteiger partial charge in [0.25, 0.3) is 0 Å². The number of hydrogen-bond donors (Lipinski definition) is 0. The van der Waals surface area contributed by atoms with Crippen molar-refractivity contribution in [2.24, 2.45) is 11.8 Å². The summed E-state index contributed by atoms with van der Waals surface area (Å²) in [5.41, 5.74) is 21.3. The summed E-state index contributed by atoms with van der Waals surface area (Å²) >= 11 is 0. The van der Waals surface area contributed by atoms with Crippen molar-refractivity contribution in [3.8, 4) is 45.3 Å². The molecule has 0 aliphatic rings. The smallest absolute Gasteiger partial charge is 0.119 e. The molecule has 0 fully saturated rings. The molecule has 2 atom stereocenters. The highest BCUT2D eigenvalue weighted by Gasteiger charge is 2.36. The lowest BCUT2D eigenvalue weighted by atomic mass is 9.66. The van der Waals surface area contributed by atoms with Gasteiger partial charge in [0.15, 0.2) is 0 Å². The molecule has 0 aliphatic carbocycles. The summed E-state index contributed by atoms with van der Waals surface area (Å²) in [4.78, 5) is 9.42. The predicted molar refractivity (Wildman–Crippen MR) is 462 cm³/mol. The Bertz CT molecular complexity index is 4470. The second-order valence-electron chi connectivity index (χ2n) is 29.8. The van der Waals surface area contributed by atoms with Crippen LogP contribution in [0.2, 0.25) is 0 Å². The maximum Gasteiger partial charge on any atom is 0.119 e. The lowest BCUT2D eigenvalue weighted by Crippen LogP contribution is -2.30. The summed E-state index contributed by atoms with van der Waals surface area (Å²) in [5, 5.41) is 0. The first-order chi connectivity index (χ1) is 53.4. The maximum absolute atomic E-state index is 6.62.